The van der Waals surface area contributed by atoms with E-state index < -0.39 is 11.8 Å². The zero-order chi connectivity index (χ0) is 25.5. The Balaban J connectivity index is 1.64. The van der Waals surface area contributed by atoms with Gasteiger partial charge in [0.05, 0.1) is 23.7 Å². The number of halogens is 1. The van der Waals surface area contributed by atoms with Gasteiger partial charge in [-0.15, -0.1) is 0 Å². The fourth-order valence-corrected chi connectivity index (χ4v) is 3.71. The zero-order valence-corrected chi connectivity index (χ0v) is 20.5. The lowest BCUT2D eigenvalue weighted by atomic mass is 10.1. The van der Waals surface area contributed by atoms with Crippen molar-refractivity contribution in [2.75, 3.05) is 42.3 Å². The summed E-state index contributed by atoms with van der Waals surface area (Å²) in [5, 5.41) is 5.35. The predicted octanol–water partition coefficient (Wildman–Crippen LogP) is 5.70. The second-order valence-electron chi connectivity index (χ2n) is 8.28. The average molecular weight is 489 g/mol. The number of amides is 2. The van der Waals surface area contributed by atoms with Crippen LogP contribution in [0.3, 0.4) is 0 Å². The van der Waals surface area contributed by atoms with E-state index in [-0.39, 0.29) is 5.69 Å². The zero-order valence-electron chi connectivity index (χ0n) is 20.5. The number of urea groups is 1. The van der Waals surface area contributed by atoms with E-state index in [0.717, 1.165) is 16.8 Å². The SMILES string of the molecule is CCOCCN(C)c1nc(-c2ccc(F)c(NC(=O)Nc3cccc(C)c3)c2)c(-c2ccncc2)[nH]1. The number of nitrogens with zero attached hydrogens (tertiary/aromatic N) is 3. The molecule has 36 heavy (non-hydrogen) atoms. The Morgan fingerprint density at radius 2 is 1.89 bits per heavy atom. The number of hydrogen-bond donors (Lipinski definition) is 3. The molecule has 0 unspecified atom stereocenters. The van der Waals surface area contributed by atoms with E-state index in [4.69, 9.17) is 9.72 Å². The summed E-state index contributed by atoms with van der Waals surface area (Å²) in [6, 6.07) is 15.1. The molecule has 0 bridgehead atoms. The van der Waals surface area contributed by atoms with E-state index >= 15 is 0 Å². The molecule has 9 heteroatoms. The molecule has 0 saturated heterocycles. The third-order valence-corrected chi connectivity index (χ3v) is 5.56. The predicted molar refractivity (Wildman–Crippen MR) is 141 cm³/mol. The molecule has 2 heterocycles. The van der Waals surface area contributed by atoms with Crippen LogP contribution in [0.5, 0.6) is 0 Å². The minimum atomic E-state index is -0.548. The normalized spacial score (nSPS) is 10.8. The fourth-order valence-electron chi connectivity index (χ4n) is 3.71. The fraction of sp³-hybridized carbons (Fsp3) is 0.222. The van der Waals surface area contributed by atoms with E-state index in [1.807, 2.05) is 56.1 Å². The maximum atomic E-state index is 14.7. The number of aromatic amines is 1. The molecule has 4 rings (SSSR count). The topological polar surface area (TPSA) is 95.2 Å². The molecule has 0 aliphatic heterocycles. The Labute approximate surface area is 209 Å². The number of anilines is 3. The molecule has 3 N–H and O–H groups in total. The van der Waals surface area contributed by atoms with Gasteiger partial charge in [0, 0.05) is 49.4 Å². The number of aromatic nitrogens is 3. The third-order valence-electron chi connectivity index (χ3n) is 5.56. The molecule has 0 aliphatic rings. The first kappa shape index (κ1) is 24.9. The molecule has 0 radical (unpaired) electrons. The van der Waals surface area contributed by atoms with Gasteiger partial charge >= 0.3 is 6.03 Å². The number of pyridine rings is 1. The Morgan fingerprint density at radius 3 is 2.64 bits per heavy atom. The highest BCUT2D eigenvalue weighted by Gasteiger charge is 2.18. The van der Waals surface area contributed by atoms with E-state index in [1.54, 1.807) is 30.6 Å². The van der Waals surface area contributed by atoms with Crippen molar-refractivity contribution in [2.24, 2.45) is 0 Å². The van der Waals surface area contributed by atoms with Crippen LogP contribution in [-0.2, 0) is 4.74 Å². The molecule has 4 aromatic rings. The molecular weight excluding hydrogens is 459 g/mol. The summed E-state index contributed by atoms with van der Waals surface area (Å²) in [5.74, 6) is 0.0979. The smallest absolute Gasteiger partial charge is 0.323 e. The number of H-pyrrole nitrogens is 1. The summed E-state index contributed by atoms with van der Waals surface area (Å²) >= 11 is 0. The van der Waals surface area contributed by atoms with E-state index in [0.29, 0.717) is 42.7 Å². The lowest BCUT2D eigenvalue weighted by Crippen LogP contribution is -2.23. The number of carbonyl (C=O) groups is 1. The van der Waals surface area contributed by atoms with Gasteiger partial charge in [-0.3, -0.25) is 4.98 Å². The summed E-state index contributed by atoms with van der Waals surface area (Å²) < 4.78 is 20.1. The van der Waals surface area contributed by atoms with Crippen LogP contribution in [0.15, 0.2) is 67.0 Å². The van der Waals surface area contributed by atoms with Crippen molar-refractivity contribution in [3.8, 4) is 22.5 Å². The molecule has 2 amide bonds. The van der Waals surface area contributed by atoms with Crippen molar-refractivity contribution in [1.29, 1.82) is 0 Å². The lowest BCUT2D eigenvalue weighted by Gasteiger charge is -2.15. The summed E-state index contributed by atoms with van der Waals surface area (Å²) in [4.78, 5) is 26.8. The molecule has 8 nitrogen and oxygen atoms in total. The summed E-state index contributed by atoms with van der Waals surface area (Å²) in [7, 11) is 1.92. The monoisotopic (exact) mass is 488 g/mol. The standard InChI is InChI=1S/C27H29FN6O2/c1-4-36-15-14-34(3)26-32-24(19-10-12-29-13-11-19)25(33-26)20-8-9-22(28)23(17-20)31-27(35)30-21-7-5-6-18(2)16-21/h5-13,16-17H,4,14-15H2,1-3H3,(H,32,33)(H2,30,31,35). The molecular formula is C27H29FN6O2. The Bertz CT molecular complexity index is 1330. The van der Waals surface area contributed by atoms with E-state index in [1.165, 1.54) is 6.07 Å². The molecule has 2 aromatic heterocycles. The van der Waals surface area contributed by atoms with Crippen molar-refractivity contribution in [1.82, 2.24) is 15.0 Å². The quantitative estimate of drug-likeness (QED) is 0.263. The first-order chi connectivity index (χ1) is 17.4. The second-order valence-corrected chi connectivity index (χ2v) is 8.28. The minimum Gasteiger partial charge on any atom is -0.380 e. The van der Waals surface area contributed by atoms with Gasteiger partial charge in [0.15, 0.2) is 0 Å². The molecule has 0 atom stereocenters. The van der Waals surface area contributed by atoms with Gasteiger partial charge in [-0.25, -0.2) is 14.2 Å². The summed E-state index contributed by atoms with van der Waals surface area (Å²) in [5.41, 5.74) is 4.59. The van der Waals surface area contributed by atoms with Gasteiger partial charge in [0.2, 0.25) is 5.95 Å². The van der Waals surface area contributed by atoms with Gasteiger partial charge in [-0.2, -0.15) is 0 Å². The van der Waals surface area contributed by atoms with Crippen molar-refractivity contribution < 1.29 is 13.9 Å². The molecule has 0 fully saturated rings. The highest BCUT2D eigenvalue weighted by atomic mass is 19.1. The van der Waals surface area contributed by atoms with Crippen LogP contribution in [0.2, 0.25) is 0 Å². The molecule has 2 aromatic carbocycles. The Hall–Kier alpha value is -4.24. The first-order valence-electron chi connectivity index (χ1n) is 11.7. The van der Waals surface area contributed by atoms with Crippen LogP contribution in [0, 0.1) is 12.7 Å². The van der Waals surface area contributed by atoms with Crippen molar-refractivity contribution in [3.63, 3.8) is 0 Å². The number of carbonyl (C=O) groups excluding carboxylic acids is 1. The van der Waals surface area contributed by atoms with Crippen molar-refractivity contribution in [3.05, 3.63) is 78.4 Å². The number of nitrogens with one attached hydrogen (secondary N) is 3. The molecule has 0 aliphatic carbocycles. The number of ether oxygens (including phenoxy) is 1. The summed E-state index contributed by atoms with van der Waals surface area (Å²) in [6.45, 7) is 5.73. The largest absolute Gasteiger partial charge is 0.380 e. The maximum absolute atomic E-state index is 14.7. The van der Waals surface area contributed by atoms with Crippen molar-refractivity contribution >= 4 is 23.4 Å². The van der Waals surface area contributed by atoms with Crippen molar-refractivity contribution in [2.45, 2.75) is 13.8 Å². The van der Waals surface area contributed by atoms with Crippen LogP contribution in [0.25, 0.3) is 22.5 Å². The lowest BCUT2D eigenvalue weighted by molar-refractivity contribution is 0.154. The highest BCUT2D eigenvalue weighted by molar-refractivity contribution is 6.00. The maximum Gasteiger partial charge on any atom is 0.323 e. The number of hydrogen-bond acceptors (Lipinski definition) is 5. The number of aryl methyl sites for hydroxylation is 1. The first-order valence-corrected chi connectivity index (χ1v) is 11.7. The Morgan fingerprint density at radius 1 is 1.08 bits per heavy atom. The van der Waals surface area contributed by atoms with Gasteiger partial charge in [0.25, 0.3) is 0 Å². The molecule has 0 spiro atoms. The van der Waals surface area contributed by atoms with E-state index in [9.17, 15) is 9.18 Å². The van der Waals surface area contributed by atoms with Gasteiger partial charge in [-0.1, -0.05) is 12.1 Å². The third kappa shape index (κ3) is 6.05. The van der Waals surface area contributed by atoms with Crippen LogP contribution < -0.4 is 15.5 Å². The van der Waals surface area contributed by atoms with Crippen LogP contribution in [0.1, 0.15) is 12.5 Å². The van der Waals surface area contributed by atoms with Crippen LogP contribution in [0.4, 0.5) is 26.5 Å². The van der Waals surface area contributed by atoms with Crippen LogP contribution in [-0.4, -0.2) is 47.8 Å². The minimum absolute atomic E-state index is 0.0487. The Kier molecular flexibility index (Phi) is 7.92. The molecule has 186 valence electrons. The average Bonchev–Trinajstić information content (AvgIpc) is 3.32. The number of imidazole rings is 1. The van der Waals surface area contributed by atoms with Gasteiger partial charge < -0.3 is 25.3 Å². The van der Waals surface area contributed by atoms with Gasteiger partial charge in [-0.05, 0) is 61.9 Å². The number of likely N-dealkylation sites (N-methyl/N-ethyl adjacent to an activating group) is 1. The highest BCUT2D eigenvalue weighted by Crippen LogP contribution is 2.34. The second kappa shape index (κ2) is 11.5. The number of benzene rings is 2. The molecule has 0 saturated carbocycles. The number of rotatable bonds is 9. The summed E-state index contributed by atoms with van der Waals surface area (Å²) in [6.07, 6.45) is 3.40. The van der Waals surface area contributed by atoms with E-state index in [2.05, 4.69) is 20.6 Å². The van der Waals surface area contributed by atoms with Crippen LogP contribution >= 0.6 is 0 Å². The van der Waals surface area contributed by atoms with Gasteiger partial charge in [0.1, 0.15) is 5.82 Å².